The maximum atomic E-state index is 10.7. The van der Waals surface area contributed by atoms with Crippen LogP contribution in [0.2, 0.25) is 0 Å². The second-order valence-electron chi connectivity index (χ2n) is 2.42. The molecule has 0 aliphatic heterocycles. The molecule has 0 saturated carbocycles. The van der Waals surface area contributed by atoms with Crippen molar-refractivity contribution in [1.29, 1.82) is 0 Å². The van der Waals surface area contributed by atoms with Gasteiger partial charge in [0.05, 0.1) is 5.25 Å². The first-order chi connectivity index (χ1) is 6.24. The number of halogens is 1. The number of hydrogen-bond donors (Lipinski definition) is 0. The van der Waals surface area contributed by atoms with Crippen molar-refractivity contribution in [2.24, 2.45) is 0 Å². The van der Waals surface area contributed by atoms with Gasteiger partial charge in [0, 0.05) is 0 Å². The predicted octanol–water partition coefficient (Wildman–Crippen LogP) is 4.01. The first kappa shape index (κ1) is 10.4. The fourth-order valence-corrected chi connectivity index (χ4v) is 1.87. The van der Waals surface area contributed by atoms with Crippen LogP contribution in [0.3, 0.4) is 0 Å². The Hall–Kier alpha value is -0.730. The normalized spacial score (nSPS) is 12.1. The molecule has 0 aromatic heterocycles. The van der Waals surface area contributed by atoms with E-state index in [-0.39, 0.29) is 5.25 Å². The highest BCUT2D eigenvalue weighted by molar-refractivity contribution is 8.16. The number of hydrogen-bond acceptors (Lipinski definition) is 2. The highest BCUT2D eigenvalue weighted by Crippen LogP contribution is 2.31. The Kier molecular flexibility index (Phi) is 4.06. The van der Waals surface area contributed by atoms with E-state index in [2.05, 4.69) is 6.58 Å². The van der Waals surface area contributed by atoms with Gasteiger partial charge in [0.2, 0.25) is 0 Å². The Morgan fingerprint density at radius 1 is 1.46 bits per heavy atom. The summed E-state index contributed by atoms with van der Waals surface area (Å²) in [6.45, 7) is 3.66. The van der Waals surface area contributed by atoms with Gasteiger partial charge in [0.15, 0.2) is 0 Å². The van der Waals surface area contributed by atoms with Gasteiger partial charge in [-0.3, -0.25) is 4.79 Å². The standard InChI is InChI=1S/C10H9ClOS/c1-2-9(13-10(11)12)8-6-4-3-5-7-8/h2-7,9H,1H2. The molecule has 0 bridgehead atoms. The number of carbonyl (C=O) groups is 1. The molecule has 1 atom stereocenters. The van der Waals surface area contributed by atoms with Gasteiger partial charge < -0.3 is 0 Å². The molecule has 1 unspecified atom stereocenters. The zero-order chi connectivity index (χ0) is 9.68. The molecule has 0 aliphatic rings. The molecule has 1 aromatic rings. The number of carbonyl (C=O) groups excluding carboxylic acids is 1. The van der Waals surface area contributed by atoms with Crippen molar-refractivity contribution in [3.8, 4) is 0 Å². The molecular weight excluding hydrogens is 204 g/mol. The van der Waals surface area contributed by atoms with Crippen LogP contribution in [0.25, 0.3) is 0 Å². The summed E-state index contributed by atoms with van der Waals surface area (Å²) in [7, 11) is 0. The van der Waals surface area contributed by atoms with Crippen LogP contribution in [0.15, 0.2) is 43.0 Å². The molecule has 1 nitrogen and oxygen atoms in total. The molecule has 0 heterocycles. The van der Waals surface area contributed by atoms with Crippen molar-refractivity contribution >= 4 is 27.9 Å². The molecule has 0 spiro atoms. The molecule has 0 N–H and O–H groups in total. The molecule has 13 heavy (non-hydrogen) atoms. The van der Waals surface area contributed by atoms with Crippen molar-refractivity contribution in [2.45, 2.75) is 5.25 Å². The smallest absolute Gasteiger partial charge is 0.268 e. The van der Waals surface area contributed by atoms with Crippen molar-refractivity contribution < 1.29 is 4.79 Å². The molecule has 1 rings (SSSR count). The van der Waals surface area contributed by atoms with Crippen molar-refractivity contribution in [2.75, 3.05) is 0 Å². The Bertz CT molecular complexity index is 297. The Balaban J connectivity index is 2.78. The molecule has 68 valence electrons. The number of thioether (sulfide) groups is 1. The minimum atomic E-state index is -0.409. The Morgan fingerprint density at radius 2 is 2.08 bits per heavy atom. The molecular formula is C10H9ClOS. The summed E-state index contributed by atoms with van der Waals surface area (Å²) < 4.78 is -0.409. The maximum Gasteiger partial charge on any atom is 0.280 e. The zero-order valence-electron chi connectivity index (χ0n) is 6.94. The largest absolute Gasteiger partial charge is 0.280 e. The fraction of sp³-hybridized carbons (Fsp3) is 0.100. The predicted molar refractivity (Wildman–Crippen MR) is 58.2 cm³/mol. The number of benzene rings is 1. The van der Waals surface area contributed by atoms with Gasteiger partial charge in [-0.25, -0.2) is 0 Å². The third-order valence-corrected chi connectivity index (χ3v) is 2.73. The van der Waals surface area contributed by atoms with Crippen LogP contribution in [0.1, 0.15) is 10.8 Å². The molecule has 0 aliphatic carbocycles. The lowest BCUT2D eigenvalue weighted by Crippen LogP contribution is -1.90. The van der Waals surface area contributed by atoms with E-state index in [4.69, 9.17) is 11.6 Å². The lowest BCUT2D eigenvalue weighted by Gasteiger charge is -2.08. The molecule has 0 saturated heterocycles. The van der Waals surface area contributed by atoms with Crippen LogP contribution < -0.4 is 0 Å². The highest BCUT2D eigenvalue weighted by atomic mass is 35.5. The van der Waals surface area contributed by atoms with Crippen molar-refractivity contribution in [3.63, 3.8) is 0 Å². The van der Waals surface area contributed by atoms with E-state index in [0.717, 1.165) is 17.3 Å². The van der Waals surface area contributed by atoms with Crippen molar-refractivity contribution in [3.05, 3.63) is 48.6 Å². The molecule has 0 fully saturated rings. The van der Waals surface area contributed by atoms with Gasteiger partial charge in [-0.05, 0) is 17.2 Å². The van der Waals surface area contributed by atoms with Gasteiger partial charge in [-0.15, -0.1) is 6.58 Å². The summed E-state index contributed by atoms with van der Waals surface area (Å²) in [6, 6.07) is 9.66. The monoisotopic (exact) mass is 212 g/mol. The van der Waals surface area contributed by atoms with Gasteiger partial charge >= 0.3 is 0 Å². The van der Waals surface area contributed by atoms with E-state index in [0.29, 0.717) is 0 Å². The molecule has 1 aromatic carbocycles. The zero-order valence-corrected chi connectivity index (χ0v) is 8.52. The highest BCUT2D eigenvalue weighted by Gasteiger charge is 2.10. The SMILES string of the molecule is C=CC(SC(=O)Cl)c1ccccc1. The van der Waals surface area contributed by atoms with Gasteiger partial charge in [0.25, 0.3) is 4.57 Å². The van der Waals surface area contributed by atoms with Gasteiger partial charge in [0.1, 0.15) is 0 Å². The van der Waals surface area contributed by atoms with E-state index in [9.17, 15) is 4.79 Å². The summed E-state index contributed by atoms with van der Waals surface area (Å²) >= 11 is 6.34. The average molecular weight is 213 g/mol. The Labute approximate surface area is 86.8 Å². The summed E-state index contributed by atoms with van der Waals surface area (Å²) in [5, 5.41) is -0.0498. The maximum absolute atomic E-state index is 10.7. The lowest BCUT2D eigenvalue weighted by atomic mass is 10.1. The third-order valence-electron chi connectivity index (χ3n) is 1.56. The van der Waals surface area contributed by atoms with Gasteiger partial charge in [-0.1, -0.05) is 48.2 Å². The quantitative estimate of drug-likeness (QED) is 0.557. The summed E-state index contributed by atoms with van der Waals surface area (Å²) in [5.74, 6) is 0. The lowest BCUT2D eigenvalue weighted by molar-refractivity contribution is 0.276. The van der Waals surface area contributed by atoms with E-state index in [1.807, 2.05) is 30.3 Å². The van der Waals surface area contributed by atoms with Crippen LogP contribution in [-0.2, 0) is 0 Å². The molecule has 0 amide bonds. The summed E-state index contributed by atoms with van der Waals surface area (Å²) in [6.07, 6.45) is 1.71. The minimum Gasteiger partial charge on any atom is -0.268 e. The van der Waals surface area contributed by atoms with E-state index in [1.54, 1.807) is 6.08 Å². The van der Waals surface area contributed by atoms with E-state index >= 15 is 0 Å². The van der Waals surface area contributed by atoms with E-state index in [1.165, 1.54) is 0 Å². The topological polar surface area (TPSA) is 17.1 Å². The van der Waals surface area contributed by atoms with Crippen LogP contribution in [0, 0.1) is 0 Å². The first-order valence-corrected chi connectivity index (χ1v) is 5.03. The third kappa shape index (κ3) is 3.25. The van der Waals surface area contributed by atoms with Crippen LogP contribution in [-0.4, -0.2) is 4.57 Å². The molecule has 3 heteroatoms. The van der Waals surface area contributed by atoms with Crippen molar-refractivity contribution in [1.82, 2.24) is 0 Å². The van der Waals surface area contributed by atoms with Crippen LogP contribution in [0.4, 0.5) is 4.79 Å². The fourth-order valence-electron chi connectivity index (χ4n) is 0.995. The average Bonchev–Trinajstić information content (AvgIpc) is 2.15. The van der Waals surface area contributed by atoms with E-state index < -0.39 is 4.57 Å². The Morgan fingerprint density at radius 3 is 2.54 bits per heavy atom. The second-order valence-corrected chi connectivity index (χ2v) is 4.10. The summed E-state index contributed by atoms with van der Waals surface area (Å²) in [4.78, 5) is 10.7. The van der Waals surface area contributed by atoms with Crippen LogP contribution in [0.5, 0.6) is 0 Å². The second kappa shape index (κ2) is 5.10. The minimum absolute atomic E-state index is 0.0498. The number of rotatable bonds is 3. The van der Waals surface area contributed by atoms with Crippen LogP contribution >= 0.6 is 23.4 Å². The molecule has 0 radical (unpaired) electrons. The summed E-state index contributed by atoms with van der Waals surface area (Å²) in [5.41, 5.74) is 1.04. The van der Waals surface area contributed by atoms with Gasteiger partial charge in [-0.2, -0.15) is 0 Å². The first-order valence-electron chi connectivity index (χ1n) is 3.77.